The molecule has 0 radical (unpaired) electrons. The molecule has 25 heavy (non-hydrogen) atoms. The zero-order chi connectivity index (χ0) is 18.4. The highest BCUT2D eigenvalue weighted by Gasteiger charge is 2.19. The summed E-state index contributed by atoms with van der Waals surface area (Å²) in [6, 6.07) is 9.76. The van der Waals surface area contributed by atoms with Crippen molar-refractivity contribution in [2.24, 2.45) is 0 Å². The van der Waals surface area contributed by atoms with Crippen molar-refractivity contribution in [3.8, 4) is 5.75 Å². The summed E-state index contributed by atoms with van der Waals surface area (Å²) in [5, 5.41) is 6.19. The number of ether oxygens (including phenoxy) is 1. The van der Waals surface area contributed by atoms with Crippen LogP contribution in [0.2, 0.25) is 15.1 Å². The number of benzene rings is 2. The van der Waals surface area contributed by atoms with Gasteiger partial charge in [0.2, 0.25) is 0 Å². The van der Waals surface area contributed by atoms with Gasteiger partial charge in [0.05, 0.1) is 27.7 Å². The smallest absolute Gasteiger partial charge is 0.256 e. The average molecular weight is 402 g/mol. The number of hydrogen-bond acceptors (Lipinski definition) is 3. The van der Waals surface area contributed by atoms with Crippen LogP contribution < -0.4 is 15.4 Å². The molecule has 0 aliphatic carbocycles. The summed E-state index contributed by atoms with van der Waals surface area (Å²) in [5.74, 6) is -0.568. The fraction of sp³-hybridized carbons (Fsp3) is 0.176. The molecule has 0 saturated heterocycles. The van der Waals surface area contributed by atoms with E-state index in [0.29, 0.717) is 10.6 Å². The highest BCUT2D eigenvalue weighted by Crippen LogP contribution is 2.33. The molecule has 5 nitrogen and oxygen atoms in total. The standard InChI is InChI=1S/C17H15Cl3N2O3/c1-25-15-13(20)7-6-12(19)14(15)17(24)22-9-8-21-16(23)10-4-2-3-5-11(10)18/h2-7H,8-9H2,1H3,(H,21,23)(H,22,24). The molecule has 0 heterocycles. The van der Waals surface area contributed by atoms with Crippen LogP contribution in [0, 0.1) is 0 Å². The summed E-state index contributed by atoms with van der Waals surface area (Å²) >= 11 is 18.0. The number of hydrogen-bond donors (Lipinski definition) is 2. The molecule has 0 bridgehead atoms. The summed E-state index contributed by atoms with van der Waals surface area (Å²) in [7, 11) is 1.40. The largest absolute Gasteiger partial charge is 0.494 e. The van der Waals surface area contributed by atoms with Crippen LogP contribution in [0.3, 0.4) is 0 Å². The van der Waals surface area contributed by atoms with Crippen molar-refractivity contribution in [3.05, 3.63) is 62.6 Å². The maximum Gasteiger partial charge on any atom is 0.256 e. The van der Waals surface area contributed by atoms with Gasteiger partial charge in [-0.25, -0.2) is 0 Å². The van der Waals surface area contributed by atoms with E-state index in [0.717, 1.165) is 0 Å². The first-order chi connectivity index (χ1) is 12.0. The van der Waals surface area contributed by atoms with Crippen molar-refractivity contribution in [1.82, 2.24) is 10.6 Å². The van der Waals surface area contributed by atoms with Crippen molar-refractivity contribution >= 4 is 46.6 Å². The highest BCUT2D eigenvalue weighted by atomic mass is 35.5. The number of methoxy groups -OCH3 is 1. The Morgan fingerprint density at radius 1 is 0.880 bits per heavy atom. The fourth-order valence-corrected chi connectivity index (χ4v) is 2.82. The molecule has 0 spiro atoms. The lowest BCUT2D eigenvalue weighted by atomic mass is 10.2. The van der Waals surface area contributed by atoms with Crippen molar-refractivity contribution in [2.75, 3.05) is 20.2 Å². The average Bonchev–Trinajstić information content (AvgIpc) is 2.60. The van der Waals surface area contributed by atoms with Gasteiger partial charge in [0.25, 0.3) is 11.8 Å². The van der Waals surface area contributed by atoms with Gasteiger partial charge in [-0.2, -0.15) is 0 Å². The summed E-state index contributed by atoms with van der Waals surface area (Å²) in [6.07, 6.45) is 0. The predicted molar refractivity (Wildman–Crippen MR) is 99.1 cm³/mol. The lowest BCUT2D eigenvalue weighted by Gasteiger charge is -2.12. The number of carbonyl (C=O) groups is 2. The molecule has 0 saturated carbocycles. The van der Waals surface area contributed by atoms with E-state index in [-0.39, 0.29) is 40.4 Å². The molecule has 0 aliphatic rings. The first-order valence-corrected chi connectivity index (χ1v) is 8.42. The van der Waals surface area contributed by atoms with Gasteiger partial charge in [-0.15, -0.1) is 0 Å². The van der Waals surface area contributed by atoms with Gasteiger partial charge in [0, 0.05) is 13.1 Å². The Labute approximate surface area is 160 Å². The lowest BCUT2D eigenvalue weighted by Crippen LogP contribution is -2.35. The number of halogens is 3. The van der Waals surface area contributed by atoms with Crippen LogP contribution in [0.5, 0.6) is 5.75 Å². The van der Waals surface area contributed by atoms with Gasteiger partial charge >= 0.3 is 0 Å². The normalized spacial score (nSPS) is 10.2. The van der Waals surface area contributed by atoms with Gasteiger partial charge in [-0.1, -0.05) is 46.9 Å². The summed E-state index contributed by atoms with van der Waals surface area (Å²) in [5.41, 5.74) is 0.518. The Hall–Kier alpha value is -1.95. The first-order valence-electron chi connectivity index (χ1n) is 7.28. The van der Waals surface area contributed by atoms with E-state index in [9.17, 15) is 9.59 Å². The van der Waals surface area contributed by atoms with Gasteiger partial charge in [-0.05, 0) is 24.3 Å². The van der Waals surface area contributed by atoms with Crippen LogP contribution >= 0.6 is 34.8 Å². The third kappa shape index (κ3) is 4.78. The minimum Gasteiger partial charge on any atom is -0.494 e. The minimum atomic E-state index is -0.448. The van der Waals surface area contributed by atoms with Crippen LogP contribution in [0.1, 0.15) is 20.7 Å². The molecule has 8 heteroatoms. The van der Waals surface area contributed by atoms with Gasteiger partial charge < -0.3 is 15.4 Å². The maximum atomic E-state index is 12.3. The zero-order valence-corrected chi connectivity index (χ0v) is 15.5. The van der Waals surface area contributed by atoms with E-state index in [4.69, 9.17) is 39.5 Å². The number of nitrogens with one attached hydrogen (secondary N) is 2. The SMILES string of the molecule is COc1c(Cl)ccc(Cl)c1C(=O)NCCNC(=O)c1ccccc1Cl. The van der Waals surface area contributed by atoms with Crippen molar-refractivity contribution in [2.45, 2.75) is 0 Å². The Kier molecular flexibility index (Phi) is 6.93. The van der Waals surface area contributed by atoms with Gasteiger partial charge in [0.15, 0.2) is 5.75 Å². The van der Waals surface area contributed by atoms with E-state index in [2.05, 4.69) is 10.6 Å². The second-order valence-corrected chi connectivity index (χ2v) is 6.15. The molecule has 132 valence electrons. The van der Waals surface area contributed by atoms with Crippen LogP contribution in [-0.4, -0.2) is 32.0 Å². The van der Waals surface area contributed by atoms with Crippen LogP contribution in [0.4, 0.5) is 0 Å². The van der Waals surface area contributed by atoms with E-state index < -0.39 is 5.91 Å². The Balaban J connectivity index is 1.93. The van der Waals surface area contributed by atoms with E-state index in [1.165, 1.54) is 13.2 Å². The molecule has 2 rings (SSSR count). The van der Waals surface area contributed by atoms with Crippen LogP contribution in [-0.2, 0) is 0 Å². The molecule has 2 amide bonds. The number of carbonyl (C=O) groups excluding carboxylic acids is 2. The highest BCUT2D eigenvalue weighted by molar-refractivity contribution is 6.37. The van der Waals surface area contributed by atoms with Crippen LogP contribution in [0.25, 0.3) is 0 Å². The summed E-state index contributed by atoms with van der Waals surface area (Å²) < 4.78 is 5.13. The number of rotatable bonds is 6. The summed E-state index contributed by atoms with van der Waals surface area (Å²) in [6.45, 7) is 0.414. The zero-order valence-electron chi connectivity index (χ0n) is 13.2. The molecule has 0 fully saturated rings. The van der Waals surface area contributed by atoms with E-state index in [1.54, 1.807) is 30.3 Å². The van der Waals surface area contributed by atoms with E-state index >= 15 is 0 Å². The first kappa shape index (κ1) is 19.4. The molecular weight excluding hydrogens is 387 g/mol. The van der Waals surface area contributed by atoms with Gasteiger partial charge in [0.1, 0.15) is 5.56 Å². The topological polar surface area (TPSA) is 67.4 Å². The minimum absolute atomic E-state index is 0.147. The third-order valence-electron chi connectivity index (χ3n) is 3.30. The second-order valence-electron chi connectivity index (χ2n) is 4.93. The molecule has 2 N–H and O–H groups in total. The molecule has 0 aliphatic heterocycles. The van der Waals surface area contributed by atoms with Crippen molar-refractivity contribution in [3.63, 3.8) is 0 Å². The third-order valence-corrected chi connectivity index (χ3v) is 4.25. The number of amides is 2. The molecule has 0 atom stereocenters. The quantitative estimate of drug-likeness (QED) is 0.723. The fourth-order valence-electron chi connectivity index (χ4n) is 2.13. The maximum absolute atomic E-state index is 12.3. The lowest BCUT2D eigenvalue weighted by molar-refractivity contribution is 0.0926. The van der Waals surface area contributed by atoms with Crippen molar-refractivity contribution < 1.29 is 14.3 Å². The van der Waals surface area contributed by atoms with Gasteiger partial charge in [-0.3, -0.25) is 9.59 Å². The molecule has 2 aromatic carbocycles. The molecule has 0 aromatic heterocycles. The molecular formula is C17H15Cl3N2O3. The van der Waals surface area contributed by atoms with E-state index in [1.807, 2.05) is 0 Å². The Morgan fingerprint density at radius 2 is 1.48 bits per heavy atom. The molecule has 0 unspecified atom stereocenters. The Morgan fingerprint density at radius 3 is 2.12 bits per heavy atom. The Bertz CT molecular complexity index is 797. The monoisotopic (exact) mass is 400 g/mol. The summed E-state index contributed by atoms with van der Waals surface area (Å²) in [4.78, 5) is 24.3. The second kappa shape index (κ2) is 8.94. The van der Waals surface area contributed by atoms with Crippen molar-refractivity contribution in [1.29, 1.82) is 0 Å². The predicted octanol–water partition coefficient (Wildman–Crippen LogP) is 3.82. The van der Waals surface area contributed by atoms with Crippen LogP contribution in [0.15, 0.2) is 36.4 Å². The molecule has 2 aromatic rings.